The third kappa shape index (κ3) is 11.8. The SMILES string of the molecule is C=C(S/C=C(\C)c1ccc(OCc2ccc(C3CCCCC3)cc2)cc1)N(C)Cc1ccc(C(=O)OC(C)OC(C)=O)cc1.CC. The van der Waals surface area contributed by atoms with E-state index in [0.717, 1.165) is 33.4 Å². The second-order valence-electron chi connectivity index (χ2n) is 11.3. The molecule has 3 aromatic rings. The number of esters is 2. The number of benzene rings is 3. The zero-order valence-electron chi connectivity index (χ0n) is 28.2. The van der Waals surface area contributed by atoms with Gasteiger partial charge in [0, 0.05) is 27.4 Å². The fourth-order valence-corrected chi connectivity index (χ4v) is 5.90. The van der Waals surface area contributed by atoms with E-state index < -0.39 is 18.2 Å². The maximum absolute atomic E-state index is 12.3. The standard InChI is InChI=1S/C37H43NO5S.C2H6/c1-26(25-44-27(2)38(5)23-30-11-17-35(18-12-30)37(40)43-29(4)42-28(3)39)32-19-21-36(22-20-32)41-24-31-13-15-34(16-14-31)33-9-7-6-8-10-33;1-2/h11-22,25,29,33H,2,6-10,23-24H2,1,3-5H3;1-2H3/b26-25+;. The van der Waals surface area contributed by atoms with Crippen molar-refractivity contribution < 1.29 is 23.8 Å². The molecule has 0 bridgehead atoms. The molecule has 1 aliphatic carbocycles. The van der Waals surface area contributed by atoms with Crippen molar-refractivity contribution in [2.75, 3.05) is 7.05 Å². The second-order valence-corrected chi connectivity index (χ2v) is 12.3. The van der Waals surface area contributed by atoms with E-state index in [2.05, 4.69) is 60.2 Å². The van der Waals surface area contributed by atoms with E-state index >= 15 is 0 Å². The van der Waals surface area contributed by atoms with E-state index in [1.807, 2.05) is 45.2 Å². The molecule has 46 heavy (non-hydrogen) atoms. The predicted octanol–water partition coefficient (Wildman–Crippen LogP) is 10.1. The molecule has 0 saturated heterocycles. The Morgan fingerprint density at radius 2 is 1.46 bits per heavy atom. The minimum atomic E-state index is -0.937. The molecule has 4 rings (SSSR count). The number of hydrogen-bond donors (Lipinski definition) is 0. The Labute approximate surface area is 279 Å². The summed E-state index contributed by atoms with van der Waals surface area (Å²) in [6.07, 6.45) is 5.78. The Kier molecular flexibility index (Phi) is 15.0. The summed E-state index contributed by atoms with van der Waals surface area (Å²) in [4.78, 5) is 25.3. The molecule has 6 nitrogen and oxygen atoms in total. The van der Waals surface area contributed by atoms with Gasteiger partial charge in [-0.05, 0) is 83.2 Å². The van der Waals surface area contributed by atoms with Gasteiger partial charge in [0.1, 0.15) is 12.4 Å². The molecule has 0 heterocycles. The third-order valence-corrected chi connectivity index (χ3v) is 8.84. The first-order valence-corrected chi connectivity index (χ1v) is 17.1. The minimum Gasteiger partial charge on any atom is -0.489 e. The molecule has 1 unspecified atom stereocenters. The number of carbonyl (C=O) groups excluding carboxylic acids is 2. The van der Waals surface area contributed by atoms with Crippen molar-refractivity contribution in [3.63, 3.8) is 0 Å². The molecule has 1 fully saturated rings. The summed E-state index contributed by atoms with van der Waals surface area (Å²) in [5.41, 5.74) is 6.34. The van der Waals surface area contributed by atoms with E-state index in [1.54, 1.807) is 23.9 Å². The number of rotatable bonds is 13. The number of carbonyl (C=O) groups is 2. The summed E-state index contributed by atoms with van der Waals surface area (Å²) in [7, 11) is 1.98. The monoisotopic (exact) mass is 643 g/mol. The van der Waals surface area contributed by atoms with Gasteiger partial charge >= 0.3 is 11.9 Å². The van der Waals surface area contributed by atoms with Gasteiger partial charge < -0.3 is 19.1 Å². The lowest BCUT2D eigenvalue weighted by atomic mass is 9.84. The van der Waals surface area contributed by atoms with Crippen molar-refractivity contribution in [1.82, 2.24) is 4.90 Å². The molecule has 7 heteroatoms. The fraction of sp³-hybridized carbons (Fsp3) is 0.385. The third-order valence-electron chi connectivity index (χ3n) is 7.78. The highest BCUT2D eigenvalue weighted by atomic mass is 32.2. The quantitative estimate of drug-likeness (QED) is 0.136. The van der Waals surface area contributed by atoms with Gasteiger partial charge in [-0.3, -0.25) is 4.79 Å². The number of hydrogen-bond acceptors (Lipinski definition) is 7. The van der Waals surface area contributed by atoms with Gasteiger partial charge in [-0.25, -0.2) is 4.79 Å². The predicted molar refractivity (Wildman–Crippen MR) is 189 cm³/mol. The second kappa shape index (κ2) is 18.9. The lowest BCUT2D eigenvalue weighted by Crippen LogP contribution is -2.20. The highest BCUT2D eigenvalue weighted by Gasteiger charge is 2.16. The first-order valence-electron chi connectivity index (χ1n) is 16.2. The molecule has 0 N–H and O–H groups in total. The summed E-state index contributed by atoms with van der Waals surface area (Å²) in [6, 6.07) is 24.3. The van der Waals surface area contributed by atoms with E-state index in [-0.39, 0.29) is 0 Å². The van der Waals surface area contributed by atoms with Crippen LogP contribution in [0, 0.1) is 0 Å². The van der Waals surface area contributed by atoms with Crippen LogP contribution in [0.15, 0.2) is 89.8 Å². The van der Waals surface area contributed by atoms with Crippen molar-refractivity contribution in [3.8, 4) is 5.75 Å². The zero-order chi connectivity index (χ0) is 33.5. The molecular formula is C39H49NO5S. The van der Waals surface area contributed by atoms with Gasteiger partial charge in [-0.15, -0.1) is 0 Å². The molecule has 0 amide bonds. The number of ether oxygens (including phenoxy) is 3. The summed E-state index contributed by atoms with van der Waals surface area (Å²) >= 11 is 1.57. The van der Waals surface area contributed by atoms with Crippen LogP contribution in [0.4, 0.5) is 0 Å². The largest absolute Gasteiger partial charge is 0.489 e. The van der Waals surface area contributed by atoms with Crippen molar-refractivity contribution in [2.45, 2.75) is 92.1 Å². The van der Waals surface area contributed by atoms with E-state index in [0.29, 0.717) is 18.7 Å². The molecule has 0 spiro atoms. The highest BCUT2D eigenvalue weighted by molar-refractivity contribution is 8.05. The molecule has 1 atom stereocenters. The zero-order valence-corrected chi connectivity index (χ0v) is 29.0. The van der Waals surface area contributed by atoms with Gasteiger partial charge in [-0.1, -0.05) is 100.0 Å². The van der Waals surface area contributed by atoms with Crippen LogP contribution in [0.25, 0.3) is 5.57 Å². The Morgan fingerprint density at radius 3 is 2.07 bits per heavy atom. The Bertz CT molecular complexity index is 1420. The van der Waals surface area contributed by atoms with Crippen LogP contribution < -0.4 is 4.74 Å². The summed E-state index contributed by atoms with van der Waals surface area (Å²) < 4.78 is 16.0. The molecule has 246 valence electrons. The maximum atomic E-state index is 12.3. The summed E-state index contributed by atoms with van der Waals surface area (Å²) in [5, 5.41) is 3.00. The molecule has 0 aliphatic heterocycles. The van der Waals surface area contributed by atoms with Crippen LogP contribution in [0.5, 0.6) is 5.75 Å². The number of nitrogens with zero attached hydrogens (tertiary/aromatic N) is 1. The van der Waals surface area contributed by atoms with Crippen molar-refractivity contribution in [3.05, 3.63) is 118 Å². The van der Waals surface area contributed by atoms with Crippen LogP contribution in [0.2, 0.25) is 0 Å². The first-order chi connectivity index (χ1) is 22.2. The maximum Gasteiger partial charge on any atom is 0.341 e. The first kappa shape index (κ1) is 36.5. The van der Waals surface area contributed by atoms with Crippen molar-refractivity contribution in [1.29, 1.82) is 0 Å². The number of allylic oxidation sites excluding steroid dienone is 1. The minimum absolute atomic E-state index is 0.391. The molecule has 1 saturated carbocycles. The molecular weight excluding hydrogens is 594 g/mol. The van der Waals surface area contributed by atoms with Gasteiger partial charge in [0.25, 0.3) is 0 Å². The number of thioether (sulfide) groups is 1. The average Bonchev–Trinajstić information content (AvgIpc) is 3.07. The van der Waals surface area contributed by atoms with Crippen LogP contribution >= 0.6 is 11.8 Å². The van der Waals surface area contributed by atoms with Crippen LogP contribution in [0.3, 0.4) is 0 Å². The van der Waals surface area contributed by atoms with E-state index in [1.165, 1.54) is 57.1 Å². The molecule has 0 radical (unpaired) electrons. The fourth-order valence-electron chi connectivity index (χ4n) is 5.20. The Balaban J connectivity index is 0.00000282. The van der Waals surface area contributed by atoms with Crippen LogP contribution in [-0.2, 0) is 27.4 Å². The Hall–Kier alpha value is -3.97. The normalized spacial score (nSPS) is 13.9. The molecule has 3 aromatic carbocycles. The van der Waals surface area contributed by atoms with E-state index in [4.69, 9.17) is 14.2 Å². The molecule has 0 aromatic heterocycles. The summed E-state index contributed by atoms with van der Waals surface area (Å²) in [5.74, 6) is 0.531. The van der Waals surface area contributed by atoms with Gasteiger partial charge in [0.15, 0.2) is 0 Å². The summed E-state index contributed by atoms with van der Waals surface area (Å²) in [6.45, 7) is 14.3. The lowest BCUT2D eigenvalue weighted by Gasteiger charge is -2.22. The Morgan fingerprint density at radius 1 is 0.870 bits per heavy atom. The van der Waals surface area contributed by atoms with Crippen LogP contribution in [0.1, 0.15) is 105 Å². The van der Waals surface area contributed by atoms with E-state index in [9.17, 15) is 9.59 Å². The van der Waals surface area contributed by atoms with Gasteiger partial charge in [0.2, 0.25) is 6.29 Å². The van der Waals surface area contributed by atoms with Crippen molar-refractivity contribution >= 4 is 29.3 Å². The lowest BCUT2D eigenvalue weighted by molar-refractivity contribution is -0.162. The smallest absolute Gasteiger partial charge is 0.341 e. The van der Waals surface area contributed by atoms with Crippen LogP contribution in [-0.4, -0.2) is 30.2 Å². The van der Waals surface area contributed by atoms with Gasteiger partial charge in [-0.2, -0.15) is 0 Å². The topological polar surface area (TPSA) is 65.1 Å². The molecule has 1 aliphatic rings. The highest BCUT2D eigenvalue weighted by Crippen LogP contribution is 2.33. The average molecular weight is 644 g/mol. The van der Waals surface area contributed by atoms with Crippen molar-refractivity contribution in [2.24, 2.45) is 0 Å². The van der Waals surface area contributed by atoms with Gasteiger partial charge in [0.05, 0.1) is 10.6 Å².